The predicted molar refractivity (Wildman–Crippen MR) is 82.4 cm³/mol. The van der Waals surface area contributed by atoms with Crippen LogP contribution in [-0.4, -0.2) is 49.2 Å². The Morgan fingerprint density at radius 3 is 2.80 bits per heavy atom. The highest BCUT2D eigenvalue weighted by Gasteiger charge is 2.04. The predicted octanol–water partition coefficient (Wildman–Crippen LogP) is 2.39. The summed E-state index contributed by atoms with van der Waals surface area (Å²) in [7, 11) is 5.86. The number of rotatable bonds is 7. The van der Waals surface area contributed by atoms with Crippen molar-refractivity contribution in [2.24, 2.45) is 0 Å². The van der Waals surface area contributed by atoms with E-state index in [1.165, 1.54) is 6.42 Å². The van der Waals surface area contributed by atoms with Crippen LogP contribution in [0.2, 0.25) is 0 Å². The summed E-state index contributed by atoms with van der Waals surface area (Å²) in [5.74, 6) is 1.70. The van der Waals surface area contributed by atoms with Crippen molar-refractivity contribution < 1.29 is 4.74 Å². The van der Waals surface area contributed by atoms with E-state index in [1.807, 2.05) is 18.2 Å². The van der Waals surface area contributed by atoms with Crippen molar-refractivity contribution in [3.63, 3.8) is 0 Å². The molecule has 5 heteroatoms. The van der Waals surface area contributed by atoms with Crippen molar-refractivity contribution in [3.8, 4) is 5.75 Å². The second-order valence-electron chi connectivity index (χ2n) is 5.04. The molecule has 0 aliphatic heterocycles. The summed E-state index contributed by atoms with van der Waals surface area (Å²) >= 11 is 0. The van der Waals surface area contributed by atoms with Crippen LogP contribution in [0.1, 0.15) is 12.8 Å². The largest absolute Gasteiger partial charge is 0.497 e. The lowest BCUT2D eigenvalue weighted by atomic mass is 10.2. The zero-order valence-electron chi connectivity index (χ0n) is 12.4. The highest BCUT2D eigenvalue weighted by atomic mass is 16.5. The molecule has 2 aromatic rings. The van der Waals surface area contributed by atoms with Gasteiger partial charge in [0, 0.05) is 11.9 Å². The minimum atomic E-state index is 0.822. The highest BCUT2D eigenvalue weighted by Crippen LogP contribution is 2.24. The Morgan fingerprint density at radius 1 is 1.20 bits per heavy atom. The number of ether oxygens (including phenoxy) is 1. The molecule has 0 bridgehead atoms. The summed E-state index contributed by atoms with van der Waals surface area (Å²) < 4.78 is 5.26. The summed E-state index contributed by atoms with van der Waals surface area (Å²) in [6, 6.07) is 5.83. The lowest BCUT2D eigenvalue weighted by molar-refractivity contribution is 0.396. The number of methoxy groups -OCH3 is 1. The Morgan fingerprint density at radius 2 is 2.05 bits per heavy atom. The summed E-state index contributed by atoms with van der Waals surface area (Å²) in [6.45, 7) is 2.02. The molecule has 0 radical (unpaired) electrons. The van der Waals surface area contributed by atoms with Gasteiger partial charge in [0.2, 0.25) is 0 Å². The third-order valence-corrected chi connectivity index (χ3v) is 3.17. The van der Waals surface area contributed by atoms with E-state index in [9.17, 15) is 0 Å². The van der Waals surface area contributed by atoms with Gasteiger partial charge in [-0.05, 0) is 51.7 Å². The van der Waals surface area contributed by atoms with Crippen LogP contribution >= 0.6 is 0 Å². The molecule has 0 aliphatic rings. The molecule has 1 N–H and O–H groups in total. The molecule has 1 aromatic carbocycles. The molecule has 0 aliphatic carbocycles. The minimum Gasteiger partial charge on any atom is -0.497 e. The van der Waals surface area contributed by atoms with Crippen LogP contribution in [0.3, 0.4) is 0 Å². The number of nitrogens with one attached hydrogen (secondary N) is 1. The van der Waals surface area contributed by atoms with Gasteiger partial charge < -0.3 is 15.0 Å². The fraction of sp³-hybridized carbons (Fsp3) is 0.467. The molecule has 108 valence electrons. The zero-order chi connectivity index (χ0) is 14.4. The molecule has 0 atom stereocenters. The maximum atomic E-state index is 5.26. The van der Waals surface area contributed by atoms with Gasteiger partial charge in [-0.25, -0.2) is 9.97 Å². The second-order valence-corrected chi connectivity index (χ2v) is 5.04. The average Bonchev–Trinajstić information content (AvgIpc) is 2.46. The lowest BCUT2D eigenvalue weighted by Crippen LogP contribution is -2.14. The Labute approximate surface area is 120 Å². The Kier molecular flexibility index (Phi) is 5.12. The molecule has 0 fully saturated rings. The van der Waals surface area contributed by atoms with Crippen molar-refractivity contribution in [2.75, 3.05) is 39.6 Å². The number of nitrogens with zero attached hydrogens (tertiary/aromatic N) is 3. The monoisotopic (exact) mass is 274 g/mol. The molecule has 20 heavy (non-hydrogen) atoms. The van der Waals surface area contributed by atoms with Crippen LogP contribution in [0, 0.1) is 0 Å². The standard InChI is InChI=1S/C15H22N4O/c1-19(2)9-5-4-8-16-15-13-10-12(20-3)6-7-14(13)17-11-18-15/h6-7,10-11H,4-5,8-9H2,1-3H3,(H,16,17,18). The fourth-order valence-electron chi connectivity index (χ4n) is 2.06. The van der Waals surface area contributed by atoms with Gasteiger partial charge in [0.15, 0.2) is 0 Å². The molecular formula is C15H22N4O. The molecule has 2 rings (SSSR count). The van der Waals surface area contributed by atoms with E-state index in [0.717, 1.165) is 42.0 Å². The SMILES string of the molecule is COc1ccc2ncnc(NCCCCN(C)C)c2c1. The van der Waals surface area contributed by atoms with Crippen molar-refractivity contribution >= 4 is 16.7 Å². The number of benzene rings is 1. The van der Waals surface area contributed by atoms with Gasteiger partial charge in [0.1, 0.15) is 17.9 Å². The summed E-state index contributed by atoms with van der Waals surface area (Å²) in [6.07, 6.45) is 3.89. The van der Waals surface area contributed by atoms with Gasteiger partial charge in [-0.3, -0.25) is 0 Å². The summed E-state index contributed by atoms with van der Waals surface area (Å²) in [5, 5.41) is 4.39. The first-order valence-electron chi connectivity index (χ1n) is 6.88. The number of unbranched alkanes of at least 4 members (excludes halogenated alkanes) is 1. The first kappa shape index (κ1) is 14.5. The van der Waals surface area contributed by atoms with Gasteiger partial charge in [0.05, 0.1) is 12.6 Å². The maximum Gasteiger partial charge on any atom is 0.137 e. The van der Waals surface area contributed by atoms with E-state index in [2.05, 4.69) is 34.3 Å². The molecule has 5 nitrogen and oxygen atoms in total. The smallest absolute Gasteiger partial charge is 0.137 e. The van der Waals surface area contributed by atoms with Crippen LogP contribution in [0.4, 0.5) is 5.82 Å². The molecule has 0 saturated carbocycles. The maximum absolute atomic E-state index is 5.26. The first-order valence-corrected chi connectivity index (χ1v) is 6.88. The second kappa shape index (κ2) is 7.05. The fourth-order valence-corrected chi connectivity index (χ4v) is 2.06. The molecule has 0 unspecified atom stereocenters. The van der Waals surface area contributed by atoms with E-state index >= 15 is 0 Å². The normalized spacial score (nSPS) is 11.0. The van der Waals surface area contributed by atoms with Gasteiger partial charge in [-0.15, -0.1) is 0 Å². The van der Waals surface area contributed by atoms with Crippen LogP contribution in [-0.2, 0) is 0 Å². The average molecular weight is 274 g/mol. The topological polar surface area (TPSA) is 50.3 Å². The number of anilines is 1. The Balaban J connectivity index is 2.02. The van der Waals surface area contributed by atoms with Crippen LogP contribution in [0.15, 0.2) is 24.5 Å². The van der Waals surface area contributed by atoms with Crippen LogP contribution < -0.4 is 10.1 Å². The van der Waals surface area contributed by atoms with Gasteiger partial charge in [-0.2, -0.15) is 0 Å². The molecule has 1 aromatic heterocycles. The number of hydrogen-bond acceptors (Lipinski definition) is 5. The Bertz CT molecular complexity index is 557. The molecular weight excluding hydrogens is 252 g/mol. The van der Waals surface area contributed by atoms with Gasteiger partial charge in [-0.1, -0.05) is 0 Å². The molecule has 0 spiro atoms. The van der Waals surface area contributed by atoms with Gasteiger partial charge >= 0.3 is 0 Å². The van der Waals surface area contributed by atoms with Crippen LogP contribution in [0.25, 0.3) is 10.9 Å². The highest BCUT2D eigenvalue weighted by molar-refractivity contribution is 5.89. The minimum absolute atomic E-state index is 0.822. The Hall–Kier alpha value is -1.88. The quantitative estimate of drug-likeness (QED) is 0.786. The molecule has 1 heterocycles. The first-order chi connectivity index (χ1) is 9.70. The van der Waals surface area contributed by atoms with E-state index in [1.54, 1.807) is 13.4 Å². The van der Waals surface area contributed by atoms with Crippen LogP contribution in [0.5, 0.6) is 5.75 Å². The summed E-state index contributed by atoms with van der Waals surface area (Å²) in [5.41, 5.74) is 0.927. The van der Waals surface area contributed by atoms with Crippen molar-refractivity contribution in [1.29, 1.82) is 0 Å². The van der Waals surface area contributed by atoms with Gasteiger partial charge in [0.25, 0.3) is 0 Å². The third kappa shape index (κ3) is 3.81. The van der Waals surface area contributed by atoms with Crippen molar-refractivity contribution in [3.05, 3.63) is 24.5 Å². The number of fused-ring (bicyclic) bond motifs is 1. The van der Waals surface area contributed by atoms with Crippen molar-refractivity contribution in [2.45, 2.75) is 12.8 Å². The number of hydrogen-bond donors (Lipinski definition) is 1. The van der Waals surface area contributed by atoms with E-state index in [0.29, 0.717) is 0 Å². The zero-order valence-corrected chi connectivity index (χ0v) is 12.4. The summed E-state index contributed by atoms with van der Waals surface area (Å²) in [4.78, 5) is 10.8. The lowest BCUT2D eigenvalue weighted by Gasteiger charge is -2.11. The third-order valence-electron chi connectivity index (χ3n) is 3.17. The molecule has 0 amide bonds. The molecule has 0 saturated heterocycles. The van der Waals surface area contributed by atoms with E-state index in [-0.39, 0.29) is 0 Å². The van der Waals surface area contributed by atoms with Crippen molar-refractivity contribution in [1.82, 2.24) is 14.9 Å². The van der Waals surface area contributed by atoms with E-state index in [4.69, 9.17) is 4.74 Å². The number of aromatic nitrogens is 2. The van der Waals surface area contributed by atoms with E-state index < -0.39 is 0 Å².